The van der Waals surface area contributed by atoms with Gasteiger partial charge in [-0.2, -0.15) is 5.26 Å². The molecule has 0 saturated heterocycles. The van der Waals surface area contributed by atoms with Crippen LogP contribution in [0.2, 0.25) is 0 Å². The van der Waals surface area contributed by atoms with Crippen LogP contribution in [-0.4, -0.2) is 22.2 Å². The van der Waals surface area contributed by atoms with Gasteiger partial charge in [-0.1, -0.05) is 13.0 Å². The summed E-state index contributed by atoms with van der Waals surface area (Å²) in [5.74, 6) is -1.81. The molecule has 0 spiro atoms. The Morgan fingerprint density at radius 3 is 2.32 bits per heavy atom. The Morgan fingerprint density at radius 1 is 1.09 bits per heavy atom. The van der Waals surface area contributed by atoms with E-state index in [1.54, 1.807) is 13.0 Å². The van der Waals surface area contributed by atoms with E-state index in [0.717, 1.165) is 12.8 Å². The van der Waals surface area contributed by atoms with Crippen molar-refractivity contribution in [3.8, 4) is 6.07 Å². The smallest absolute Gasteiger partial charge is 0.330 e. The topological polar surface area (TPSA) is 98.4 Å². The number of allylic oxidation sites excluding steroid dienone is 1. The third-order valence-corrected chi connectivity index (χ3v) is 5.92. The lowest BCUT2D eigenvalue weighted by molar-refractivity contribution is -0.191. The number of carboxylic acid groups (broad SMARTS) is 2. The standard InChI is InChI=1S/C17H21NO4/c1-11(12(19)20)3-15-4-14(2)5-16(7-15,10-18)9-17(6-14,8-15)13(21)22/h3H,4-9H2,1-2H3,(H,19,20)(H,21,22). The van der Waals surface area contributed by atoms with Crippen LogP contribution < -0.4 is 0 Å². The van der Waals surface area contributed by atoms with Gasteiger partial charge in [-0.15, -0.1) is 0 Å². The largest absolute Gasteiger partial charge is 0.481 e. The molecule has 4 unspecified atom stereocenters. The Labute approximate surface area is 129 Å². The molecule has 5 heteroatoms. The summed E-state index contributed by atoms with van der Waals surface area (Å²) in [5.41, 5.74) is -1.93. The van der Waals surface area contributed by atoms with Crippen LogP contribution in [0.5, 0.6) is 0 Å². The van der Waals surface area contributed by atoms with Gasteiger partial charge >= 0.3 is 11.9 Å². The Bertz CT molecular complexity index is 648. The molecule has 4 rings (SSSR count). The molecule has 4 bridgehead atoms. The van der Waals surface area contributed by atoms with Crippen molar-refractivity contribution in [2.24, 2.45) is 21.7 Å². The lowest BCUT2D eigenvalue weighted by atomic mass is 9.36. The van der Waals surface area contributed by atoms with Crippen LogP contribution in [0.1, 0.15) is 52.4 Å². The Kier molecular flexibility index (Phi) is 2.83. The van der Waals surface area contributed by atoms with E-state index in [-0.39, 0.29) is 11.0 Å². The minimum Gasteiger partial charge on any atom is -0.481 e. The van der Waals surface area contributed by atoms with Crippen molar-refractivity contribution in [2.75, 3.05) is 0 Å². The van der Waals surface area contributed by atoms with Crippen LogP contribution in [0.25, 0.3) is 0 Å². The maximum atomic E-state index is 12.0. The van der Waals surface area contributed by atoms with Crippen LogP contribution in [0.4, 0.5) is 0 Å². The Balaban J connectivity index is 2.15. The molecule has 22 heavy (non-hydrogen) atoms. The molecule has 0 aliphatic heterocycles. The maximum Gasteiger partial charge on any atom is 0.330 e. The first-order valence-corrected chi connectivity index (χ1v) is 7.65. The predicted molar refractivity (Wildman–Crippen MR) is 77.7 cm³/mol. The number of carboxylic acids is 2. The zero-order valence-corrected chi connectivity index (χ0v) is 13.0. The molecule has 4 aliphatic carbocycles. The second-order valence-corrected chi connectivity index (χ2v) is 8.34. The van der Waals surface area contributed by atoms with Gasteiger partial charge in [0, 0.05) is 5.57 Å². The molecule has 118 valence electrons. The minimum atomic E-state index is -0.976. The molecular formula is C17H21NO4. The van der Waals surface area contributed by atoms with Crippen molar-refractivity contribution in [1.82, 2.24) is 0 Å². The van der Waals surface area contributed by atoms with Crippen molar-refractivity contribution >= 4 is 11.9 Å². The van der Waals surface area contributed by atoms with Gasteiger partial charge < -0.3 is 10.2 Å². The number of hydrogen-bond donors (Lipinski definition) is 2. The van der Waals surface area contributed by atoms with Crippen LogP contribution in [0.3, 0.4) is 0 Å². The molecule has 0 aromatic heterocycles. The van der Waals surface area contributed by atoms with E-state index in [1.165, 1.54) is 0 Å². The van der Waals surface area contributed by atoms with Crippen molar-refractivity contribution < 1.29 is 19.8 Å². The zero-order valence-electron chi connectivity index (χ0n) is 13.0. The molecule has 4 atom stereocenters. The first kappa shape index (κ1) is 15.1. The summed E-state index contributed by atoms with van der Waals surface area (Å²) in [6.07, 6.45) is 5.31. The molecule has 0 aromatic carbocycles. The first-order chi connectivity index (χ1) is 10.1. The summed E-state index contributed by atoms with van der Waals surface area (Å²) in [4.78, 5) is 23.2. The normalized spacial score (nSPS) is 46.3. The lowest BCUT2D eigenvalue weighted by Crippen LogP contribution is -2.61. The van der Waals surface area contributed by atoms with Crippen molar-refractivity contribution in [3.05, 3.63) is 11.6 Å². The summed E-state index contributed by atoms with van der Waals surface area (Å²) in [7, 11) is 0. The monoisotopic (exact) mass is 303 g/mol. The van der Waals surface area contributed by atoms with E-state index in [4.69, 9.17) is 0 Å². The highest BCUT2D eigenvalue weighted by atomic mass is 16.4. The van der Waals surface area contributed by atoms with Gasteiger partial charge in [0.25, 0.3) is 0 Å². The fourth-order valence-corrected chi connectivity index (χ4v) is 6.25. The molecular weight excluding hydrogens is 282 g/mol. The number of carbonyl (C=O) groups is 2. The van der Waals surface area contributed by atoms with Crippen molar-refractivity contribution in [1.29, 1.82) is 5.26 Å². The average molecular weight is 303 g/mol. The third kappa shape index (κ3) is 1.97. The van der Waals surface area contributed by atoms with Gasteiger partial charge in [0.1, 0.15) is 0 Å². The van der Waals surface area contributed by atoms with E-state index >= 15 is 0 Å². The highest BCUT2D eigenvalue weighted by Crippen LogP contribution is 2.74. The number of aliphatic carboxylic acids is 2. The Morgan fingerprint density at radius 2 is 1.77 bits per heavy atom. The molecule has 5 nitrogen and oxygen atoms in total. The molecule has 0 heterocycles. The van der Waals surface area contributed by atoms with Crippen LogP contribution in [0, 0.1) is 33.0 Å². The summed E-state index contributed by atoms with van der Waals surface area (Å²) >= 11 is 0. The zero-order chi connectivity index (χ0) is 16.4. The van der Waals surface area contributed by atoms with Crippen molar-refractivity contribution in [2.45, 2.75) is 52.4 Å². The summed E-state index contributed by atoms with van der Waals surface area (Å²) < 4.78 is 0. The summed E-state index contributed by atoms with van der Waals surface area (Å²) in [6.45, 7) is 3.61. The van der Waals surface area contributed by atoms with E-state index in [9.17, 15) is 25.1 Å². The maximum absolute atomic E-state index is 12.0. The van der Waals surface area contributed by atoms with Crippen LogP contribution in [0.15, 0.2) is 11.6 Å². The highest BCUT2D eigenvalue weighted by Gasteiger charge is 2.69. The van der Waals surface area contributed by atoms with Crippen molar-refractivity contribution in [3.63, 3.8) is 0 Å². The fraction of sp³-hybridized carbons (Fsp3) is 0.706. The first-order valence-electron chi connectivity index (χ1n) is 7.65. The SMILES string of the molecule is CC(=CC12CC3(C)CC(C#N)(C1)CC(C(=O)O)(C3)C2)C(=O)O. The second-order valence-electron chi connectivity index (χ2n) is 8.34. The average Bonchev–Trinajstić information content (AvgIpc) is 2.35. The number of nitrogens with zero attached hydrogens (tertiary/aromatic N) is 1. The molecule has 4 saturated carbocycles. The van der Waals surface area contributed by atoms with E-state index < -0.39 is 28.2 Å². The fourth-order valence-electron chi connectivity index (χ4n) is 6.25. The van der Waals surface area contributed by atoms with Gasteiger partial charge in [-0.25, -0.2) is 4.79 Å². The second kappa shape index (κ2) is 4.13. The summed E-state index contributed by atoms with van der Waals surface area (Å²) in [5, 5.41) is 28.7. The number of rotatable bonds is 3. The van der Waals surface area contributed by atoms with E-state index in [1.807, 2.05) is 0 Å². The molecule has 4 aliphatic rings. The van der Waals surface area contributed by atoms with Crippen LogP contribution >= 0.6 is 0 Å². The number of hydrogen-bond acceptors (Lipinski definition) is 3. The quantitative estimate of drug-likeness (QED) is 0.781. The lowest BCUT2D eigenvalue weighted by Gasteiger charge is -2.66. The van der Waals surface area contributed by atoms with Gasteiger partial charge in [-0.05, 0) is 56.3 Å². The van der Waals surface area contributed by atoms with Crippen LogP contribution in [-0.2, 0) is 9.59 Å². The highest BCUT2D eigenvalue weighted by molar-refractivity contribution is 5.86. The molecule has 0 amide bonds. The van der Waals surface area contributed by atoms with E-state index in [0.29, 0.717) is 25.7 Å². The van der Waals surface area contributed by atoms with Gasteiger partial charge in [0.05, 0.1) is 16.9 Å². The molecule has 4 fully saturated rings. The Hall–Kier alpha value is -1.83. The molecule has 0 radical (unpaired) electrons. The number of nitriles is 1. The third-order valence-electron chi connectivity index (χ3n) is 5.92. The molecule has 0 aromatic rings. The van der Waals surface area contributed by atoms with Gasteiger partial charge in [0.2, 0.25) is 0 Å². The van der Waals surface area contributed by atoms with Gasteiger partial charge in [0.15, 0.2) is 0 Å². The van der Waals surface area contributed by atoms with E-state index in [2.05, 4.69) is 13.0 Å². The summed E-state index contributed by atoms with van der Waals surface area (Å²) in [6, 6.07) is 2.40. The molecule has 2 N–H and O–H groups in total. The van der Waals surface area contributed by atoms with Gasteiger partial charge in [-0.3, -0.25) is 4.79 Å². The predicted octanol–water partition coefficient (Wildman–Crippen LogP) is 2.97. The minimum absolute atomic E-state index is 0.196.